The van der Waals surface area contributed by atoms with Crippen LogP contribution in [0.1, 0.15) is 31.7 Å². The van der Waals surface area contributed by atoms with Crippen LogP contribution in [-0.2, 0) is 16.0 Å². The lowest BCUT2D eigenvalue weighted by Crippen LogP contribution is -2.49. The highest BCUT2D eigenvalue weighted by Crippen LogP contribution is 2.24. The first kappa shape index (κ1) is 23.7. The van der Waals surface area contributed by atoms with Crippen molar-refractivity contribution < 1.29 is 14.7 Å². The largest absolute Gasteiger partial charge is 0.481 e. The van der Waals surface area contributed by atoms with Crippen molar-refractivity contribution in [1.29, 1.82) is 0 Å². The minimum Gasteiger partial charge on any atom is -0.481 e. The zero-order valence-corrected chi connectivity index (χ0v) is 17.4. The van der Waals surface area contributed by atoms with Crippen LogP contribution in [0.4, 0.5) is 0 Å². The molecule has 2 unspecified atom stereocenters. The summed E-state index contributed by atoms with van der Waals surface area (Å²) in [5, 5.41) is 9.10. The van der Waals surface area contributed by atoms with Crippen molar-refractivity contribution >= 4 is 36.7 Å². The number of amides is 1. The van der Waals surface area contributed by atoms with Crippen molar-refractivity contribution in [1.82, 2.24) is 9.80 Å². The second-order valence-electron chi connectivity index (χ2n) is 7.45. The fourth-order valence-electron chi connectivity index (χ4n) is 4.07. The molecule has 0 aliphatic carbocycles. The van der Waals surface area contributed by atoms with Crippen molar-refractivity contribution in [2.75, 3.05) is 26.2 Å². The average Bonchev–Trinajstić information content (AvgIpc) is 3.12. The summed E-state index contributed by atoms with van der Waals surface area (Å²) in [6.45, 7) is 4.79. The van der Waals surface area contributed by atoms with Gasteiger partial charge in [-0.2, -0.15) is 0 Å². The molecule has 1 N–H and O–H groups in total. The van der Waals surface area contributed by atoms with Gasteiger partial charge >= 0.3 is 5.97 Å². The van der Waals surface area contributed by atoms with E-state index in [9.17, 15) is 9.59 Å². The zero-order chi connectivity index (χ0) is 17.8. The zero-order valence-electron chi connectivity index (χ0n) is 15.8. The van der Waals surface area contributed by atoms with E-state index in [2.05, 4.69) is 29.2 Å². The molecule has 3 rings (SSSR count). The van der Waals surface area contributed by atoms with E-state index < -0.39 is 11.9 Å². The molecule has 0 aromatic heterocycles. The summed E-state index contributed by atoms with van der Waals surface area (Å²) in [6.07, 6.45) is 3.92. The number of benzene rings is 1. The number of hydrogen-bond acceptors (Lipinski definition) is 3. The molecule has 2 aliphatic heterocycles. The minimum atomic E-state index is -0.787. The number of halogens is 2. The molecular formula is C20H30Cl2N2O3. The lowest BCUT2D eigenvalue weighted by molar-refractivity contribution is -0.141. The summed E-state index contributed by atoms with van der Waals surface area (Å²) < 4.78 is 0. The summed E-state index contributed by atoms with van der Waals surface area (Å²) in [5.41, 5.74) is 1.39. The highest BCUT2D eigenvalue weighted by Gasteiger charge is 2.35. The second kappa shape index (κ2) is 10.9. The molecule has 152 valence electrons. The van der Waals surface area contributed by atoms with Gasteiger partial charge in [-0.1, -0.05) is 30.3 Å². The summed E-state index contributed by atoms with van der Waals surface area (Å²) in [6, 6.07) is 10.4. The number of hydrogen-bond donors (Lipinski definition) is 1. The number of carboxylic acid groups (broad SMARTS) is 1. The molecule has 1 amide bonds. The Labute approximate surface area is 173 Å². The number of nitrogens with zero attached hydrogens (tertiary/aromatic N) is 2. The smallest absolute Gasteiger partial charge is 0.308 e. The van der Waals surface area contributed by atoms with Crippen LogP contribution < -0.4 is 0 Å². The van der Waals surface area contributed by atoms with Crippen LogP contribution >= 0.6 is 24.8 Å². The summed E-state index contributed by atoms with van der Waals surface area (Å²) >= 11 is 0. The van der Waals surface area contributed by atoms with Gasteiger partial charge in [-0.25, -0.2) is 0 Å². The molecule has 0 bridgehead atoms. The van der Waals surface area contributed by atoms with Crippen molar-refractivity contribution in [2.24, 2.45) is 11.8 Å². The van der Waals surface area contributed by atoms with E-state index in [1.807, 2.05) is 13.0 Å². The molecule has 5 nitrogen and oxygen atoms in total. The first-order valence-corrected chi connectivity index (χ1v) is 9.34. The molecule has 0 saturated carbocycles. The van der Waals surface area contributed by atoms with Crippen LogP contribution in [0.15, 0.2) is 30.3 Å². The van der Waals surface area contributed by atoms with Crippen LogP contribution in [0.3, 0.4) is 0 Å². The summed E-state index contributed by atoms with van der Waals surface area (Å²) in [7, 11) is 0. The van der Waals surface area contributed by atoms with Gasteiger partial charge in [0.05, 0.1) is 12.0 Å². The second-order valence-corrected chi connectivity index (χ2v) is 7.45. The Balaban J connectivity index is 0.00000182. The predicted molar refractivity (Wildman–Crippen MR) is 111 cm³/mol. The number of carbonyl (C=O) groups excluding carboxylic acids is 1. The van der Waals surface area contributed by atoms with Crippen molar-refractivity contribution in [3.8, 4) is 0 Å². The molecule has 27 heavy (non-hydrogen) atoms. The van der Waals surface area contributed by atoms with Gasteiger partial charge in [-0.05, 0) is 57.2 Å². The SMILES string of the molecule is CC(C(=O)N1CCC(C(=O)O)C1)N1CCC(Cc2ccccc2)CC1.Cl.Cl. The Hall–Kier alpha value is -1.30. The number of piperidine rings is 1. The lowest BCUT2D eigenvalue weighted by atomic mass is 9.89. The monoisotopic (exact) mass is 416 g/mol. The Bertz CT molecular complexity index is 607. The van der Waals surface area contributed by atoms with Gasteiger partial charge in [0.15, 0.2) is 0 Å². The molecular weight excluding hydrogens is 387 g/mol. The average molecular weight is 417 g/mol. The Morgan fingerprint density at radius 1 is 1.07 bits per heavy atom. The summed E-state index contributed by atoms with van der Waals surface area (Å²) in [4.78, 5) is 27.8. The van der Waals surface area contributed by atoms with E-state index in [-0.39, 0.29) is 36.8 Å². The number of likely N-dealkylation sites (tertiary alicyclic amines) is 2. The van der Waals surface area contributed by atoms with E-state index in [1.165, 1.54) is 5.56 Å². The van der Waals surface area contributed by atoms with Gasteiger partial charge in [0.25, 0.3) is 0 Å². The van der Waals surface area contributed by atoms with E-state index in [0.29, 0.717) is 25.4 Å². The Morgan fingerprint density at radius 3 is 2.26 bits per heavy atom. The maximum atomic E-state index is 12.7. The number of carbonyl (C=O) groups is 2. The predicted octanol–water partition coefficient (Wildman–Crippen LogP) is 3.11. The topological polar surface area (TPSA) is 60.9 Å². The molecule has 2 atom stereocenters. The van der Waals surface area contributed by atoms with Crippen LogP contribution in [0.25, 0.3) is 0 Å². The maximum Gasteiger partial charge on any atom is 0.308 e. The number of aliphatic carboxylic acids is 1. The number of rotatable bonds is 5. The van der Waals surface area contributed by atoms with Gasteiger partial charge < -0.3 is 10.0 Å². The molecule has 7 heteroatoms. The first-order valence-electron chi connectivity index (χ1n) is 9.34. The minimum absolute atomic E-state index is 0. The molecule has 2 aliphatic rings. The van der Waals surface area contributed by atoms with Gasteiger partial charge in [-0.3, -0.25) is 14.5 Å². The third-order valence-corrected chi connectivity index (χ3v) is 5.77. The Morgan fingerprint density at radius 2 is 1.70 bits per heavy atom. The highest BCUT2D eigenvalue weighted by molar-refractivity contribution is 5.85. The first-order chi connectivity index (χ1) is 12.0. The maximum absolute atomic E-state index is 12.7. The molecule has 1 aromatic rings. The molecule has 2 heterocycles. The third kappa shape index (κ3) is 6.09. The van der Waals surface area contributed by atoms with Crippen LogP contribution in [-0.4, -0.2) is 59.0 Å². The molecule has 1 aromatic carbocycles. The van der Waals surface area contributed by atoms with Crippen molar-refractivity contribution in [3.05, 3.63) is 35.9 Å². The van der Waals surface area contributed by atoms with Crippen LogP contribution in [0.2, 0.25) is 0 Å². The number of carboxylic acids is 1. The van der Waals surface area contributed by atoms with Gasteiger partial charge in [-0.15, -0.1) is 24.8 Å². The molecule has 0 spiro atoms. The van der Waals surface area contributed by atoms with Gasteiger partial charge in [0, 0.05) is 13.1 Å². The standard InChI is InChI=1S/C20H28N2O3.2ClH/c1-15(19(23)22-12-9-18(14-22)20(24)25)21-10-7-17(8-11-21)13-16-5-3-2-4-6-16;;/h2-6,15,17-18H,7-14H2,1H3,(H,24,25);2*1H. The normalized spacial score (nSPS) is 21.8. The Kier molecular flexibility index (Phi) is 9.57. The van der Waals surface area contributed by atoms with E-state index in [4.69, 9.17) is 5.11 Å². The fraction of sp³-hybridized carbons (Fsp3) is 0.600. The van der Waals surface area contributed by atoms with Gasteiger partial charge in [0.1, 0.15) is 0 Å². The molecule has 0 radical (unpaired) electrons. The lowest BCUT2D eigenvalue weighted by Gasteiger charge is -2.36. The molecule has 2 saturated heterocycles. The van der Waals surface area contributed by atoms with Crippen LogP contribution in [0.5, 0.6) is 0 Å². The van der Waals surface area contributed by atoms with Crippen LogP contribution in [0, 0.1) is 11.8 Å². The van der Waals surface area contributed by atoms with E-state index in [0.717, 1.165) is 32.4 Å². The fourth-order valence-corrected chi connectivity index (χ4v) is 4.07. The van der Waals surface area contributed by atoms with E-state index >= 15 is 0 Å². The van der Waals surface area contributed by atoms with Gasteiger partial charge in [0.2, 0.25) is 5.91 Å². The van der Waals surface area contributed by atoms with Crippen molar-refractivity contribution in [2.45, 2.75) is 38.6 Å². The summed E-state index contributed by atoms with van der Waals surface area (Å²) in [5.74, 6) is -0.410. The third-order valence-electron chi connectivity index (χ3n) is 5.77. The molecule has 2 fully saturated rings. The van der Waals surface area contributed by atoms with E-state index in [1.54, 1.807) is 4.90 Å². The van der Waals surface area contributed by atoms with Crippen molar-refractivity contribution in [3.63, 3.8) is 0 Å². The highest BCUT2D eigenvalue weighted by atomic mass is 35.5. The quantitative estimate of drug-likeness (QED) is 0.800.